The normalized spacial score (nSPS) is 12.0. The summed E-state index contributed by atoms with van der Waals surface area (Å²) in [6.07, 6.45) is 6.70. The van der Waals surface area contributed by atoms with Crippen molar-refractivity contribution in [2.24, 2.45) is 0 Å². The lowest BCUT2D eigenvalue weighted by atomic mass is 9.94. The highest BCUT2D eigenvalue weighted by atomic mass is 32.2. The third kappa shape index (κ3) is 6.71. The summed E-state index contributed by atoms with van der Waals surface area (Å²) in [4.78, 5) is 15.4. The SMILES string of the molecule is CNS(=O)c1ccn(CCCCCOc2cc(-c3cc(F)cc(C(C)C)c3NC=O)ccn2)n1. The van der Waals surface area contributed by atoms with E-state index < -0.39 is 11.0 Å². The third-order valence-corrected chi connectivity index (χ3v) is 6.25. The first-order chi connectivity index (χ1) is 16.4. The minimum absolute atomic E-state index is 0.0354. The van der Waals surface area contributed by atoms with Gasteiger partial charge in [0.2, 0.25) is 12.3 Å². The van der Waals surface area contributed by atoms with Gasteiger partial charge < -0.3 is 10.1 Å². The quantitative estimate of drug-likeness (QED) is 0.277. The molecule has 0 radical (unpaired) electrons. The summed E-state index contributed by atoms with van der Waals surface area (Å²) in [6.45, 7) is 5.12. The molecule has 34 heavy (non-hydrogen) atoms. The van der Waals surface area contributed by atoms with Gasteiger partial charge in [-0.3, -0.25) is 9.48 Å². The van der Waals surface area contributed by atoms with Gasteiger partial charge in [0.1, 0.15) is 16.8 Å². The van der Waals surface area contributed by atoms with Crippen LogP contribution in [-0.2, 0) is 22.3 Å². The molecule has 3 aromatic rings. The van der Waals surface area contributed by atoms with Gasteiger partial charge in [-0.2, -0.15) is 5.10 Å². The van der Waals surface area contributed by atoms with E-state index in [2.05, 4.69) is 20.1 Å². The number of anilines is 1. The minimum Gasteiger partial charge on any atom is -0.478 e. The van der Waals surface area contributed by atoms with Crippen LogP contribution in [0.25, 0.3) is 11.1 Å². The lowest BCUT2D eigenvalue weighted by molar-refractivity contribution is -0.105. The van der Waals surface area contributed by atoms with Crippen LogP contribution in [0.5, 0.6) is 5.88 Å². The van der Waals surface area contributed by atoms with E-state index in [9.17, 15) is 13.4 Å². The predicted octanol–water partition coefficient (Wildman–Crippen LogP) is 4.27. The zero-order valence-electron chi connectivity index (χ0n) is 19.6. The number of aryl methyl sites for hydroxylation is 1. The molecule has 0 aliphatic rings. The third-order valence-electron chi connectivity index (χ3n) is 5.28. The van der Waals surface area contributed by atoms with Crippen molar-refractivity contribution >= 4 is 23.1 Å². The van der Waals surface area contributed by atoms with E-state index in [-0.39, 0.29) is 11.7 Å². The van der Waals surface area contributed by atoms with E-state index >= 15 is 0 Å². The van der Waals surface area contributed by atoms with Crippen LogP contribution in [0.3, 0.4) is 0 Å². The Morgan fingerprint density at radius 1 is 1.21 bits per heavy atom. The monoisotopic (exact) mass is 487 g/mol. The highest BCUT2D eigenvalue weighted by molar-refractivity contribution is 7.82. The summed E-state index contributed by atoms with van der Waals surface area (Å²) >= 11 is 0. The number of nitrogens with one attached hydrogen (secondary N) is 2. The van der Waals surface area contributed by atoms with Crippen LogP contribution in [0.4, 0.5) is 10.1 Å². The predicted molar refractivity (Wildman–Crippen MR) is 130 cm³/mol. The molecule has 0 saturated carbocycles. The van der Waals surface area contributed by atoms with Crippen molar-refractivity contribution in [2.45, 2.75) is 50.6 Å². The van der Waals surface area contributed by atoms with Gasteiger partial charge in [-0.1, -0.05) is 13.8 Å². The average molecular weight is 488 g/mol. The van der Waals surface area contributed by atoms with Crippen molar-refractivity contribution in [3.63, 3.8) is 0 Å². The number of pyridine rings is 1. The second-order valence-corrected chi connectivity index (χ2v) is 9.38. The number of benzene rings is 1. The molecule has 1 unspecified atom stereocenters. The smallest absolute Gasteiger partial charge is 0.213 e. The Bertz CT molecular complexity index is 1140. The van der Waals surface area contributed by atoms with Crippen LogP contribution in [0.2, 0.25) is 0 Å². The first kappa shape index (κ1) is 25.5. The van der Waals surface area contributed by atoms with Gasteiger partial charge in [0, 0.05) is 30.6 Å². The number of amides is 1. The van der Waals surface area contributed by atoms with Gasteiger partial charge in [-0.25, -0.2) is 18.3 Å². The van der Waals surface area contributed by atoms with Gasteiger partial charge >= 0.3 is 0 Å². The maximum Gasteiger partial charge on any atom is 0.213 e. The number of aromatic nitrogens is 3. The first-order valence-electron chi connectivity index (χ1n) is 11.2. The van der Waals surface area contributed by atoms with E-state index in [4.69, 9.17) is 4.74 Å². The molecule has 2 aromatic heterocycles. The standard InChI is InChI=1S/C24H30FN5O3S/c1-17(2)20-14-19(25)15-21(24(20)28-16-31)18-7-9-27-22(13-18)33-12-6-4-5-10-30-11-8-23(29-30)34(32)26-3/h7-9,11,13-17,26H,4-6,10,12H2,1-3H3,(H,28,31). The minimum atomic E-state index is -1.28. The molecule has 1 atom stereocenters. The Kier molecular flexibility index (Phi) is 9.29. The van der Waals surface area contributed by atoms with Crippen molar-refractivity contribution in [1.29, 1.82) is 0 Å². The van der Waals surface area contributed by atoms with Gasteiger partial charge in [-0.05, 0) is 67.6 Å². The zero-order valence-corrected chi connectivity index (χ0v) is 20.4. The molecule has 1 aromatic carbocycles. The number of hydrogen-bond donors (Lipinski definition) is 2. The average Bonchev–Trinajstić information content (AvgIpc) is 3.30. The van der Waals surface area contributed by atoms with Crippen molar-refractivity contribution in [3.8, 4) is 17.0 Å². The Labute approximate surface area is 201 Å². The van der Waals surface area contributed by atoms with Crippen LogP contribution >= 0.6 is 0 Å². The van der Waals surface area contributed by atoms with E-state index in [1.165, 1.54) is 12.1 Å². The molecule has 0 aliphatic carbocycles. The van der Waals surface area contributed by atoms with Crippen LogP contribution in [0.15, 0.2) is 47.8 Å². The molecule has 0 saturated heterocycles. The largest absolute Gasteiger partial charge is 0.478 e. The number of ether oxygens (including phenoxy) is 1. The lowest BCUT2D eigenvalue weighted by Gasteiger charge is -2.17. The number of carbonyl (C=O) groups excluding carboxylic acids is 1. The first-order valence-corrected chi connectivity index (χ1v) is 12.3. The van der Waals surface area contributed by atoms with Crippen molar-refractivity contribution in [2.75, 3.05) is 19.0 Å². The fourth-order valence-electron chi connectivity index (χ4n) is 3.59. The van der Waals surface area contributed by atoms with E-state index in [1.54, 1.807) is 36.1 Å². The molecule has 0 bridgehead atoms. The zero-order chi connectivity index (χ0) is 24.5. The molecule has 1 amide bonds. The van der Waals surface area contributed by atoms with Gasteiger partial charge in [0.15, 0.2) is 5.03 Å². The molecule has 182 valence electrons. The highest BCUT2D eigenvalue weighted by Crippen LogP contribution is 2.36. The molecular formula is C24H30FN5O3S. The molecular weight excluding hydrogens is 457 g/mol. The molecule has 0 aliphatic heterocycles. The Morgan fingerprint density at radius 2 is 2.03 bits per heavy atom. The van der Waals surface area contributed by atoms with Crippen molar-refractivity contribution in [1.82, 2.24) is 19.5 Å². The van der Waals surface area contributed by atoms with Gasteiger partial charge in [0.05, 0.1) is 12.3 Å². The molecule has 2 heterocycles. The van der Waals surface area contributed by atoms with Gasteiger partial charge in [0.25, 0.3) is 0 Å². The number of halogens is 1. The summed E-state index contributed by atoms with van der Waals surface area (Å²) < 4.78 is 36.2. The molecule has 10 heteroatoms. The number of carbonyl (C=O) groups is 1. The highest BCUT2D eigenvalue weighted by Gasteiger charge is 2.16. The second-order valence-electron chi connectivity index (χ2n) is 8.02. The van der Waals surface area contributed by atoms with E-state index in [0.29, 0.717) is 40.7 Å². The fraction of sp³-hybridized carbons (Fsp3) is 0.375. The van der Waals surface area contributed by atoms with E-state index in [1.807, 2.05) is 20.0 Å². The van der Waals surface area contributed by atoms with Crippen molar-refractivity contribution in [3.05, 3.63) is 54.1 Å². The number of rotatable bonds is 13. The number of hydrogen-bond acceptors (Lipinski definition) is 5. The Morgan fingerprint density at radius 3 is 2.76 bits per heavy atom. The number of unbranched alkanes of at least 4 members (excludes halogenated alkanes) is 2. The maximum atomic E-state index is 14.3. The Balaban J connectivity index is 1.57. The van der Waals surface area contributed by atoms with Crippen LogP contribution < -0.4 is 14.8 Å². The number of nitrogens with zero attached hydrogens (tertiary/aromatic N) is 3. The van der Waals surface area contributed by atoms with Gasteiger partial charge in [-0.15, -0.1) is 0 Å². The maximum absolute atomic E-state index is 14.3. The summed E-state index contributed by atoms with van der Waals surface area (Å²) in [7, 11) is 0.351. The summed E-state index contributed by atoms with van der Waals surface area (Å²) in [6, 6.07) is 8.11. The summed E-state index contributed by atoms with van der Waals surface area (Å²) in [5.41, 5.74) is 2.61. The molecule has 2 N–H and O–H groups in total. The summed E-state index contributed by atoms with van der Waals surface area (Å²) in [5.74, 6) is 0.111. The lowest BCUT2D eigenvalue weighted by Crippen LogP contribution is -2.11. The van der Waals surface area contributed by atoms with Crippen molar-refractivity contribution < 1.29 is 18.1 Å². The van der Waals surface area contributed by atoms with Crippen LogP contribution in [0, 0.1) is 5.82 Å². The van der Waals surface area contributed by atoms with E-state index in [0.717, 1.165) is 31.4 Å². The fourth-order valence-corrected chi connectivity index (χ4v) is 4.16. The van der Waals surface area contributed by atoms with Crippen LogP contribution in [-0.4, -0.2) is 39.0 Å². The second kappa shape index (κ2) is 12.4. The molecule has 0 spiro atoms. The summed E-state index contributed by atoms with van der Waals surface area (Å²) in [5, 5.41) is 7.53. The molecule has 3 rings (SSSR count). The van der Waals surface area contributed by atoms with Crippen LogP contribution in [0.1, 0.15) is 44.6 Å². The molecule has 0 fully saturated rings. The Hall–Kier alpha value is -3.11. The molecule has 8 nitrogen and oxygen atoms in total. The topological polar surface area (TPSA) is 98.1 Å².